The lowest BCUT2D eigenvalue weighted by Crippen LogP contribution is -2.41. The maximum atomic E-state index is 11.4. The molecule has 1 fully saturated rings. The Morgan fingerprint density at radius 1 is 1.21 bits per heavy atom. The van der Waals surface area contributed by atoms with E-state index >= 15 is 0 Å². The quantitative estimate of drug-likeness (QED) is 0.654. The molecule has 0 bridgehead atoms. The third kappa shape index (κ3) is 4.24. The normalized spacial score (nSPS) is 19.4. The summed E-state index contributed by atoms with van der Waals surface area (Å²) in [4.78, 5) is 12.5. The van der Waals surface area contributed by atoms with Crippen molar-refractivity contribution in [2.45, 2.75) is 50.7 Å². The Kier molecular flexibility index (Phi) is 5.84. The summed E-state index contributed by atoms with van der Waals surface area (Å²) >= 11 is 1.69. The van der Waals surface area contributed by atoms with Crippen LogP contribution in [0, 0.1) is 0 Å². The fourth-order valence-electron chi connectivity index (χ4n) is 2.41. The SMILES string of the molecule is CSc1ccccc1C=C(CNC(C)=O)B1OC(C)(C)C(C)(C)O1. The highest BCUT2D eigenvalue weighted by Gasteiger charge is 2.52. The van der Waals surface area contributed by atoms with Crippen molar-refractivity contribution in [3.63, 3.8) is 0 Å². The molecule has 1 aromatic rings. The molecule has 1 aromatic carbocycles. The van der Waals surface area contributed by atoms with Gasteiger partial charge in [-0.15, -0.1) is 11.8 Å². The number of rotatable bonds is 5. The predicted molar refractivity (Wildman–Crippen MR) is 101 cm³/mol. The van der Waals surface area contributed by atoms with Gasteiger partial charge in [-0.1, -0.05) is 24.3 Å². The summed E-state index contributed by atoms with van der Waals surface area (Å²) in [6.07, 6.45) is 4.11. The van der Waals surface area contributed by atoms with Crippen LogP contribution in [-0.4, -0.2) is 37.0 Å². The minimum atomic E-state index is -0.475. The highest BCUT2D eigenvalue weighted by Crippen LogP contribution is 2.39. The average Bonchev–Trinajstić information content (AvgIpc) is 2.71. The number of hydrogen-bond donors (Lipinski definition) is 1. The van der Waals surface area contributed by atoms with Gasteiger partial charge in [-0.3, -0.25) is 4.79 Å². The largest absolute Gasteiger partial charge is 0.492 e. The summed E-state index contributed by atoms with van der Waals surface area (Å²) in [5, 5.41) is 2.86. The van der Waals surface area contributed by atoms with Gasteiger partial charge in [0.15, 0.2) is 0 Å². The monoisotopic (exact) mass is 347 g/mol. The zero-order valence-corrected chi connectivity index (χ0v) is 16.1. The van der Waals surface area contributed by atoms with Crippen LogP contribution in [0.15, 0.2) is 34.6 Å². The molecule has 0 radical (unpaired) electrons. The first kappa shape index (κ1) is 19.1. The van der Waals surface area contributed by atoms with Crippen molar-refractivity contribution >= 4 is 30.9 Å². The minimum Gasteiger partial charge on any atom is -0.400 e. The number of carbonyl (C=O) groups excluding carboxylic acids is 1. The molecule has 1 saturated heterocycles. The van der Waals surface area contributed by atoms with Gasteiger partial charge in [-0.25, -0.2) is 0 Å². The topological polar surface area (TPSA) is 47.6 Å². The number of amides is 1. The first-order chi connectivity index (χ1) is 11.2. The van der Waals surface area contributed by atoms with E-state index in [2.05, 4.69) is 29.8 Å². The van der Waals surface area contributed by atoms with Crippen LogP contribution in [0.4, 0.5) is 0 Å². The second-order valence-corrected chi connectivity index (χ2v) is 7.81. The predicted octanol–water partition coefficient (Wildman–Crippen LogP) is 3.56. The van der Waals surface area contributed by atoms with E-state index in [1.807, 2.05) is 39.8 Å². The molecule has 0 spiro atoms. The van der Waals surface area contributed by atoms with Gasteiger partial charge in [0.25, 0.3) is 0 Å². The van der Waals surface area contributed by atoms with E-state index in [-0.39, 0.29) is 5.91 Å². The fraction of sp³-hybridized carbons (Fsp3) is 0.500. The zero-order valence-electron chi connectivity index (χ0n) is 15.3. The van der Waals surface area contributed by atoms with Crippen LogP contribution in [-0.2, 0) is 14.1 Å². The Morgan fingerprint density at radius 2 is 1.79 bits per heavy atom. The molecule has 6 heteroatoms. The third-order valence-corrected chi connectivity index (χ3v) is 5.39. The maximum Gasteiger partial charge on any atom is 0.492 e. The Bertz CT molecular complexity index is 627. The molecule has 1 aliphatic heterocycles. The fourth-order valence-corrected chi connectivity index (χ4v) is 2.99. The molecule has 0 atom stereocenters. The molecule has 1 amide bonds. The Balaban J connectivity index is 2.35. The van der Waals surface area contributed by atoms with Gasteiger partial charge in [-0.05, 0) is 51.1 Å². The molecule has 0 saturated carbocycles. The van der Waals surface area contributed by atoms with Gasteiger partial charge >= 0.3 is 7.12 Å². The molecule has 1 aliphatic rings. The lowest BCUT2D eigenvalue weighted by molar-refractivity contribution is -0.118. The molecule has 0 unspecified atom stereocenters. The van der Waals surface area contributed by atoms with Crippen LogP contribution >= 0.6 is 11.8 Å². The summed E-state index contributed by atoms with van der Waals surface area (Å²) in [6.45, 7) is 10.0. The maximum absolute atomic E-state index is 11.4. The van der Waals surface area contributed by atoms with Gasteiger partial charge < -0.3 is 14.6 Å². The number of benzene rings is 1. The first-order valence-electron chi connectivity index (χ1n) is 8.10. The molecule has 0 aliphatic carbocycles. The second-order valence-electron chi connectivity index (χ2n) is 6.96. The smallest absolute Gasteiger partial charge is 0.400 e. The van der Waals surface area contributed by atoms with E-state index in [0.717, 1.165) is 11.0 Å². The molecule has 130 valence electrons. The van der Waals surface area contributed by atoms with Crippen molar-refractivity contribution < 1.29 is 14.1 Å². The highest BCUT2D eigenvalue weighted by atomic mass is 32.2. The van der Waals surface area contributed by atoms with Crippen molar-refractivity contribution in [2.75, 3.05) is 12.8 Å². The standard InChI is InChI=1S/C18H26BNO3S/c1-13(21)20-12-15(11-14-9-7-8-10-16(14)24-6)19-22-17(2,3)18(4,5)23-19/h7-11H,12H2,1-6H3,(H,20,21). The molecule has 24 heavy (non-hydrogen) atoms. The molecule has 0 aromatic heterocycles. The Morgan fingerprint density at radius 3 is 2.33 bits per heavy atom. The summed E-state index contributed by atoms with van der Waals surface area (Å²) in [6, 6.07) is 8.17. The van der Waals surface area contributed by atoms with Crippen molar-refractivity contribution in [1.82, 2.24) is 5.32 Å². The van der Waals surface area contributed by atoms with Crippen LogP contribution < -0.4 is 5.32 Å². The highest BCUT2D eigenvalue weighted by molar-refractivity contribution is 7.98. The number of nitrogens with one attached hydrogen (secondary N) is 1. The summed E-state index contributed by atoms with van der Waals surface area (Å²) < 4.78 is 12.3. The minimum absolute atomic E-state index is 0.0735. The third-order valence-electron chi connectivity index (χ3n) is 4.58. The summed E-state index contributed by atoms with van der Waals surface area (Å²) in [5.41, 5.74) is 1.18. The lowest BCUT2D eigenvalue weighted by Gasteiger charge is -2.32. The molecule has 1 heterocycles. The van der Waals surface area contributed by atoms with Crippen molar-refractivity contribution in [2.24, 2.45) is 0 Å². The lowest BCUT2D eigenvalue weighted by atomic mass is 9.77. The van der Waals surface area contributed by atoms with E-state index in [4.69, 9.17) is 9.31 Å². The molecular formula is C18H26BNO3S. The van der Waals surface area contributed by atoms with E-state index < -0.39 is 18.3 Å². The van der Waals surface area contributed by atoms with Crippen LogP contribution in [0.3, 0.4) is 0 Å². The Hall–Kier alpha value is -1.24. The van der Waals surface area contributed by atoms with Crippen LogP contribution in [0.2, 0.25) is 0 Å². The zero-order chi connectivity index (χ0) is 18.0. The van der Waals surface area contributed by atoms with Crippen LogP contribution in [0.1, 0.15) is 40.2 Å². The number of carbonyl (C=O) groups is 1. The molecule has 4 nitrogen and oxygen atoms in total. The molecular weight excluding hydrogens is 321 g/mol. The van der Waals surface area contributed by atoms with Crippen molar-refractivity contribution in [1.29, 1.82) is 0 Å². The number of hydrogen-bond acceptors (Lipinski definition) is 4. The average molecular weight is 347 g/mol. The van der Waals surface area contributed by atoms with E-state index in [1.165, 1.54) is 11.8 Å². The van der Waals surface area contributed by atoms with Gasteiger partial charge in [0.05, 0.1) is 11.2 Å². The number of thioether (sulfide) groups is 1. The van der Waals surface area contributed by atoms with E-state index in [0.29, 0.717) is 6.54 Å². The first-order valence-corrected chi connectivity index (χ1v) is 9.32. The van der Waals surface area contributed by atoms with Gasteiger partial charge in [0, 0.05) is 18.4 Å². The summed E-state index contributed by atoms with van der Waals surface area (Å²) in [7, 11) is -0.475. The van der Waals surface area contributed by atoms with E-state index in [9.17, 15) is 4.79 Å². The van der Waals surface area contributed by atoms with Crippen LogP contribution in [0.5, 0.6) is 0 Å². The van der Waals surface area contributed by atoms with Gasteiger partial charge in [-0.2, -0.15) is 0 Å². The summed E-state index contributed by atoms with van der Waals surface area (Å²) in [5.74, 6) is -0.0735. The van der Waals surface area contributed by atoms with Crippen molar-refractivity contribution in [3.8, 4) is 0 Å². The molecule has 2 rings (SSSR count). The van der Waals surface area contributed by atoms with Gasteiger partial charge in [0.2, 0.25) is 5.91 Å². The van der Waals surface area contributed by atoms with Gasteiger partial charge in [0.1, 0.15) is 0 Å². The van der Waals surface area contributed by atoms with Crippen LogP contribution in [0.25, 0.3) is 6.08 Å². The van der Waals surface area contributed by atoms with Crippen molar-refractivity contribution in [3.05, 3.63) is 35.3 Å². The Labute approximate surface area is 149 Å². The molecule has 1 N–H and O–H groups in total. The second kappa shape index (κ2) is 7.34. The van der Waals surface area contributed by atoms with E-state index in [1.54, 1.807) is 11.8 Å².